The number of aromatic nitrogens is 2. The first-order valence-corrected chi connectivity index (χ1v) is 6.92. The molecule has 1 aromatic rings. The first-order chi connectivity index (χ1) is 9.08. The Morgan fingerprint density at radius 1 is 1.58 bits per heavy atom. The Morgan fingerprint density at radius 2 is 2.26 bits per heavy atom. The van der Waals surface area contributed by atoms with E-state index >= 15 is 0 Å². The normalized spacial score (nSPS) is 24.8. The quantitative estimate of drug-likeness (QED) is 0.856. The number of methoxy groups -OCH3 is 1. The molecule has 1 saturated carbocycles. The van der Waals surface area contributed by atoms with Crippen LogP contribution in [-0.4, -0.2) is 35.4 Å². The van der Waals surface area contributed by atoms with E-state index in [1.807, 2.05) is 6.92 Å². The molecular formula is C14H23N3O2. The summed E-state index contributed by atoms with van der Waals surface area (Å²) >= 11 is 0. The number of rotatable bonds is 5. The van der Waals surface area contributed by atoms with Crippen LogP contribution >= 0.6 is 0 Å². The Kier molecular flexibility index (Phi) is 3.94. The summed E-state index contributed by atoms with van der Waals surface area (Å²) in [7, 11) is 1.75. The van der Waals surface area contributed by atoms with Gasteiger partial charge < -0.3 is 10.1 Å². The van der Waals surface area contributed by atoms with E-state index in [1.54, 1.807) is 13.3 Å². The van der Waals surface area contributed by atoms with Crippen LogP contribution in [0.2, 0.25) is 0 Å². The third-order valence-corrected chi connectivity index (χ3v) is 4.77. The molecule has 5 nitrogen and oxygen atoms in total. The van der Waals surface area contributed by atoms with E-state index < -0.39 is 0 Å². The van der Waals surface area contributed by atoms with Crippen molar-refractivity contribution in [1.29, 1.82) is 0 Å². The van der Waals surface area contributed by atoms with Crippen molar-refractivity contribution in [2.75, 3.05) is 7.11 Å². The van der Waals surface area contributed by atoms with Crippen LogP contribution in [-0.2, 0) is 4.74 Å². The van der Waals surface area contributed by atoms with Crippen molar-refractivity contribution >= 4 is 5.91 Å². The van der Waals surface area contributed by atoms with Gasteiger partial charge in [-0.3, -0.25) is 9.89 Å². The van der Waals surface area contributed by atoms with Crippen molar-refractivity contribution in [3.63, 3.8) is 0 Å². The van der Waals surface area contributed by atoms with Crippen LogP contribution in [0.5, 0.6) is 0 Å². The number of nitrogens with zero attached hydrogens (tertiary/aromatic N) is 1. The Labute approximate surface area is 114 Å². The smallest absolute Gasteiger partial charge is 0.254 e. The molecule has 0 spiro atoms. The first-order valence-electron chi connectivity index (χ1n) is 6.92. The van der Waals surface area contributed by atoms with Gasteiger partial charge in [0.15, 0.2) is 0 Å². The summed E-state index contributed by atoms with van der Waals surface area (Å²) in [5.74, 6) is -0.0444. The van der Waals surface area contributed by atoms with Gasteiger partial charge in [-0.05, 0) is 26.2 Å². The minimum atomic E-state index is -0.0444. The van der Waals surface area contributed by atoms with E-state index in [0.29, 0.717) is 5.56 Å². The van der Waals surface area contributed by atoms with E-state index in [-0.39, 0.29) is 23.5 Å². The van der Waals surface area contributed by atoms with Gasteiger partial charge in [0, 0.05) is 24.3 Å². The Balaban J connectivity index is 2.08. The van der Waals surface area contributed by atoms with Crippen LogP contribution in [0, 0.1) is 12.3 Å². The minimum absolute atomic E-state index is 0.0444. The highest BCUT2D eigenvalue weighted by Crippen LogP contribution is 2.48. The molecule has 19 heavy (non-hydrogen) atoms. The molecule has 0 saturated heterocycles. The SMILES string of the molecule is CCC1(CC)[C@@H](NC(=O)c2cn[nH]c2C)C[C@H]1OC. The molecule has 0 aliphatic heterocycles. The highest BCUT2D eigenvalue weighted by atomic mass is 16.5. The molecule has 2 atom stereocenters. The van der Waals surface area contributed by atoms with Gasteiger partial charge >= 0.3 is 0 Å². The first kappa shape index (κ1) is 14.1. The van der Waals surface area contributed by atoms with Crippen molar-refractivity contribution in [3.05, 3.63) is 17.5 Å². The predicted octanol–water partition coefficient (Wildman–Crippen LogP) is 2.04. The average Bonchev–Trinajstić information content (AvgIpc) is 2.82. The topological polar surface area (TPSA) is 67.0 Å². The van der Waals surface area contributed by atoms with Gasteiger partial charge in [0.25, 0.3) is 5.91 Å². The zero-order valence-corrected chi connectivity index (χ0v) is 12.1. The van der Waals surface area contributed by atoms with E-state index in [1.165, 1.54) is 0 Å². The predicted molar refractivity (Wildman–Crippen MR) is 73.0 cm³/mol. The number of carbonyl (C=O) groups is 1. The number of amides is 1. The van der Waals surface area contributed by atoms with Gasteiger partial charge in [-0.1, -0.05) is 13.8 Å². The monoisotopic (exact) mass is 265 g/mol. The molecule has 2 N–H and O–H groups in total. The highest BCUT2D eigenvalue weighted by Gasteiger charge is 2.53. The van der Waals surface area contributed by atoms with E-state index in [9.17, 15) is 4.79 Å². The van der Waals surface area contributed by atoms with Crippen LogP contribution in [0.15, 0.2) is 6.20 Å². The molecule has 2 rings (SSSR count). The lowest BCUT2D eigenvalue weighted by Crippen LogP contribution is -2.64. The van der Waals surface area contributed by atoms with Crippen molar-refractivity contribution < 1.29 is 9.53 Å². The number of hydrogen-bond acceptors (Lipinski definition) is 3. The maximum atomic E-state index is 12.2. The molecule has 106 valence electrons. The summed E-state index contributed by atoms with van der Waals surface area (Å²) in [5.41, 5.74) is 1.50. The second kappa shape index (κ2) is 5.33. The van der Waals surface area contributed by atoms with Gasteiger partial charge in [-0.25, -0.2) is 0 Å². The molecule has 0 unspecified atom stereocenters. The number of aromatic amines is 1. The van der Waals surface area contributed by atoms with E-state index in [4.69, 9.17) is 4.74 Å². The Hall–Kier alpha value is -1.36. The van der Waals surface area contributed by atoms with E-state index in [0.717, 1.165) is 25.0 Å². The number of ether oxygens (including phenoxy) is 1. The lowest BCUT2D eigenvalue weighted by Gasteiger charge is -2.55. The molecule has 1 aliphatic carbocycles. The summed E-state index contributed by atoms with van der Waals surface area (Å²) < 4.78 is 5.54. The summed E-state index contributed by atoms with van der Waals surface area (Å²) in [6.07, 6.45) is 4.74. The molecule has 1 amide bonds. The molecule has 1 aliphatic rings. The Bertz CT molecular complexity index is 451. The van der Waals surface area contributed by atoms with Crippen LogP contribution in [0.4, 0.5) is 0 Å². The van der Waals surface area contributed by atoms with Gasteiger partial charge in [0.1, 0.15) is 0 Å². The fourth-order valence-corrected chi connectivity index (χ4v) is 3.29. The lowest BCUT2D eigenvalue weighted by molar-refractivity contribution is -0.120. The van der Waals surface area contributed by atoms with Crippen molar-refractivity contribution in [2.24, 2.45) is 5.41 Å². The van der Waals surface area contributed by atoms with Gasteiger partial charge in [0.05, 0.1) is 17.9 Å². The molecule has 1 fully saturated rings. The summed E-state index contributed by atoms with van der Waals surface area (Å²) in [6, 6.07) is 0.189. The van der Waals surface area contributed by atoms with Crippen molar-refractivity contribution in [2.45, 2.75) is 52.2 Å². The highest BCUT2D eigenvalue weighted by molar-refractivity contribution is 5.95. The molecule has 1 heterocycles. The van der Waals surface area contributed by atoms with Crippen LogP contribution < -0.4 is 5.32 Å². The lowest BCUT2D eigenvalue weighted by atomic mass is 9.58. The van der Waals surface area contributed by atoms with E-state index in [2.05, 4.69) is 29.4 Å². The van der Waals surface area contributed by atoms with Crippen molar-refractivity contribution in [3.8, 4) is 0 Å². The molecule has 0 aromatic carbocycles. The fourth-order valence-electron chi connectivity index (χ4n) is 3.29. The van der Waals surface area contributed by atoms with Crippen LogP contribution in [0.1, 0.15) is 49.2 Å². The maximum absolute atomic E-state index is 12.2. The maximum Gasteiger partial charge on any atom is 0.254 e. The van der Waals surface area contributed by atoms with Crippen LogP contribution in [0.25, 0.3) is 0 Å². The van der Waals surface area contributed by atoms with Gasteiger partial charge in [-0.15, -0.1) is 0 Å². The molecule has 0 bridgehead atoms. The van der Waals surface area contributed by atoms with Gasteiger partial charge in [-0.2, -0.15) is 5.10 Å². The summed E-state index contributed by atoms with van der Waals surface area (Å²) in [5, 5.41) is 9.82. The summed E-state index contributed by atoms with van der Waals surface area (Å²) in [4.78, 5) is 12.2. The molecule has 5 heteroatoms. The zero-order valence-electron chi connectivity index (χ0n) is 12.1. The largest absolute Gasteiger partial charge is 0.381 e. The third-order valence-electron chi connectivity index (χ3n) is 4.77. The second-order valence-corrected chi connectivity index (χ2v) is 5.34. The van der Waals surface area contributed by atoms with Crippen LogP contribution in [0.3, 0.4) is 0 Å². The molecule has 1 aromatic heterocycles. The number of aryl methyl sites for hydroxylation is 1. The third kappa shape index (κ3) is 2.16. The number of carbonyl (C=O) groups excluding carboxylic acids is 1. The van der Waals surface area contributed by atoms with Gasteiger partial charge in [0.2, 0.25) is 0 Å². The summed E-state index contributed by atoms with van der Waals surface area (Å²) in [6.45, 7) is 6.18. The average molecular weight is 265 g/mol. The molecule has 0 radical (unpaired) electrons. The zero-order chi connectivity index (χ0) is 14.0. The molecular weight excluding hydrogens is 242 g/mol. The number of hydrogen-bond donors (Lipinski definition) is 2. The second-order valence-electron chi connectivity index (χ2n) is 5.34. The fraction of sp³-hybridized carbons (Fsp3) is 0.714. The number of H-pyrrole nitrogens is 1. The Morgan fingerprint density at radius 3 is 2.74 bits per heavy atom. The standard InChI is InChI=1S/C14H23N3O2/c1-5-14(6-2)11(7-12(14)19-4)16-13(18)10-8-15-17-9(10)3/h8,11-12H,5-7H2,1-4H3,(H,15,17)(H,16,18)/t11-,12+/m0/s1. The minimum Gasteiger partial charge on any atom is -0.381 e. The van der Waals surface area contributed by atoms with Crippen molar-refractivity contribution in [1.82, 2.24) is 15.5 Å². The number of nitrogens with one attached hydrogen (secondary N) is 2.